The van der Waals surface area contributed by atoms with Gasteiger partial charge in [-0.3, -0.25) is 14.5 Å². The average molecular weight is 643 g/mol. The molecule has 0 bridgehead atoms. The molecule has 3 aliphatic heterocycles. The molecule has 9 nitrogen and oxygen atoms in total. The highest BCUT2D eigenvalue weighted by molar-refractivity contribution is 7.91. The van der Waals surface area contributed by atoms with Gasteiger partial charge in [0.1, 0.15) is 11.3 Å². The van der Waals surface area contributed by atoms with Gasteiger partial charge in [-0.15, -0.1) is 0 Å². The third kappa shape index (κ3) is 4.24. The van der Waals surface area contributed by atoms with E-state index in [4.69, 9.17) is 4.74 Å². The summed E-state index contributed by atoms with van der Waals surface area (Å²) in [6.07, 6.45) is 11.0. The maximum Gasteiger partial charge on any atom is 0.264 e. The molecule has 0 spiro atoms. The SMILES string of the molecule is COc1ccc2c(c1)C1CC1(C(=O)N1CC[C@@H]3CCCN3C1)n1c-2c(C2CCCCC2)c2ccc(C(=O)NS(=O)(=O)C3CC3)cc21. The first-order valence-electron chi connectivity index (χ1n) is 17.3. The van der Waals surface area contributed by atoms with E-state index >= 15 is 4.79 Å². The van der Waals surface area contributed by atoms with Gasteiger partial charge in [0.2, 0.25) is 10.0 Å². The van der Waals surface area contributed by atoms with Crippen LogP contribution in [0.5, 0.6) is 5.75 Å². The predicted molar refractivity (Wildman–Crippen MR) is 175 cm³/mol. The molecule has 10 heteroatoms. The summed E-state index contributed by atoms with van der Waals surface area (Å²) in [4.78, 5) is 33.0. The first kappa shape index (κ1) is 28.8. The number of nitrogens with zero attached hydrogens (tertiary/aromatic N) is 3. The Morgan fingerprint density at radius 1 is 0.935 bits per heavy atom. The minimum absolute atomic E-state index is 0.00330. The average Bonchev–Trinajstić information content (AvgIpc) is 3.99. The second-order valence-corrected chi connectivity index (χ2v) is 16.5. The number of methoxy groups -OCH3 is 1. The lowest BCUT2D eigenvalue weighted by Gasteiger charge is -2.41. The topological polar surface area (TPSA) is 101 Å². The van der Waals surface area contributed by atoms with Crippen molar-refractivity contribution in [2.75, 3.05) is 26.9 Å². The normalized spacial score (nSPS) is 27.5. The Kier molecular flexibility index (Phi) is 6.46. The van der Waals surface area contributed by atoms with Gasteiger partial charge in [0.15, 0.2) is 0 Å². The van der Waals surface area contributed by atoms with Crippen LogP contribution in [0.2, 0.25) is 0 Å². The van der Waals surface area contributed by atoms with Crippen LogP contribution in [0.1, 0.15) is 104 Å². The summed E-state index contributed by atoms with van der Waals surface area (Å²) in [6.45, 7) is 2.46. The molecule has 1 aromatic heterocycles. The number of aromatic nitrogens is 1. The van der Waals surface area contributed by atoms with Crippen LogP contribution in [0, 0.1) is 0 Å². The van der Waals surface area contributed by atoms with Crippen LogP contribution in [0.15, 0.2) is 36.4 Å². The van der Waals surface area contributed by atoms with Gasteiger partial charge in [0, 0.05) is 41.6 Å². The van der Waals surface area contributed by atoms with E-state index in [1.54, 1.807) is 13.2 Å². The molecule has 3 saturated carbocycles. The molecule has 2 saturated heterocycles. The van der Waals surface area contributed by atoms with Crippen LogP contribution in [0.4, 0.5) is 0 Å². The van der Waals surface area contributed by atoms with Gasteiger partial charge in [-0.1, -0.05) is 25.3 Å². The highest BCUT2D eigenvalue weighted by Crippen LogP contribution is 2.67. The second kappa shape index (κ2) is 10.3. The zero-order chi connectivity index (χ0) is 31.4. The summed E-state index contributed by atoms with van der Waals surface area (Å²) in [6, 6.07) is 12.5. The molecule has 46 heavy (non-hydrogen) atoms. The number of hydrogen-bond acceptors (Lipinski definition) is 6. The number of benzene rings is 2. The first-order valence-corrected chi connectivity index (χ1v) is 18.8. The summed E-state index contributed by atoms with van der Waals surface area (Å²) in [5, 5.41) is 0.587. The molecule has 0 radical (unpaired) electrons. The van der Waals surface area contributed by atoms with Crippen molar-refractivity contribution in [1.29, 1.82) is 0 Å². The van der Waals surface area contributed by atoms with Crippen molar-refractivity contribution >= 4 is 32.7 Å². The Hall–Kier alpha value is -3.37. The van der Waals surface area contributed by atoms with Crippen LogP contribution < -0.4 is 9.46 Å². The van der Waals surface area contributed by atoms with Crippen molar-refractivity contribution in [2.24, 2.45) is 0 Å². The van der Waals surface area contributed by atoms with Gasteiger partial charge < -0.3 is 14.2 Å². The van der Waals surface area contributed by atoms with E-state index in [1.165, 1.54) is 43.2 Å². The lowest BCUT2D eigenvalue weighted by Crippen LogP contribution is -2.54. The molecule has 3 atom stereocenters. The molecule has 242 valence electrons. The minimum atomic E-state index is -3.70. The Morgan fingerprint density at radius 2 is 1.76 bits per heavy atom. The van der Waals surface area contributed by atoms with Gasteiger partial charge in [0.25, 0.3) is 11.8 Å². The zero-order valence-electron chi connectivity index (χ0n) is 26.5. The molecule has 4 heterocycles. The van der Waals surface area contributed by atoms with Crippen LogP contribution in [0.25, 0.3) is 22.2 Å². The van der Waals surface area contributed by atoms with Gasteiger partial charge in [0.05, 0.1) is 30.2 Å². The molecule has 2 aromatic carbocycles. The molecular weight excluding hydrogens is 600 g/mol. The number of amides is 2. The summed E-state index contributed by atoms with van der Waals surface area (Å²) in [5.41, 5.74) is 5.07. The van der Waals surface area contributed by atoms with E-state index in [-0.39, 0.29) is 11.8 Å². The van der Waals surface area contributed by atoms with Crippen molar-refractivity contribution in [3.05, 3.63) is 53.1 Å². The van der Waals surface area contributed by atoms with E-state index in [9.17, 15) is 13.2 Å². The van der Waals surface area contributed by atoms with E-state index < -0.39 is 26.7 Å². The molecule has 1 N–H and O–H groups in total. The van der Waals surface area contributed by atoms with Crippen molar-refractivity contribution < 1.29 is 22.7 Å². The fraction of sp³-hybridized carbons (Fsp3) is 0.556. The van der Waals surface area contributed by atoms with Gasteiger partial charge in [-0.25, -0.2) is 13.1 Å². The van der Waals surface area contributed by atoms with Crippen molar-refractivity contribution in [1.82, 2.24) is 19.1 Å². The van der Waals surface area contributed by atoms with Crippen LogP contribution in [0.3, 0.4) is 0 Å². The lowest BCUT2D eigenvalue weighted by atomic mass is 9.80. The molecular formula is C36H42N4O5S. The maximum atomic E-state index is 15.0. The summed E-state index contributed by atoms with van der Waals surface area (Å²) >= 11 is 0. The smallest absolute Gasteiger partial charge is 0.264 e. The largest absolute Gasteiger partial charge is 0.497 e. The second-order valence-electron chi connectivity index (χ2n) is 14.6. The summed E-state index contributed by atoms with van der Waals surface area (Å²) in [5.74, 6) is 0.699. The van der Waals surface area contributed by atoms with Gasteiger partial charge >= 0.3 is 0 Å². The molecule has 5 fully saturated rings. The lowest BCUT2D eigenvalue weighted by molar-refractivity contribution is -0.141. The van der Waals surface area contributed by atoms with Crippen LogP contribution >= 0.6 is 0 Å². The zero-order valence-corrected chi connectivity index (χ0v) is 27.3. The third-order valence-electron chi connectivity index (χ3n) is 11.9. The van der Waals surface area contributed by atoms with E-state index in [2.05, 4.69) is 31.2 Å². The number of fused-ring (bicyclic) bond motifs is 9. The molecule has 3 aliphatic carbocycles. The Bertz CT molecular complexity index is 1890. The predicted octanol–water partition coefficient (Wildman–Crippen LogP) is 5.44. The number of hydrogen-bond donors (Lipinski definition) is 1. The molecule has 2 amide bonds. The molecule has 3 aromatic rings. The highest BCUT2D eigenvalue weighted by Gasteiger charge is 2.67. The number of rotatable bonds is 6. The maximum absolute atomic E-state index is 15.0. The highest BCUT2D eigenvalue weighted by atomic mass is 32.2. The van der Waals surface area contributed by atoms with Crippen LogP contribution in [-0.4, -0.2) is 72.8 Å². The Labute approximate surface area is 270 Å². The van der Waals surface area contributed by atoms with E-state index in [0.717, 1.165) is 60.3 Å². The fourth-order valence-corrected chi connectivity index (χ4v) is 10.7. The van der Waals surface area contributed by atoms with Gasteiger partial charge in [-0.2, -0.15) is 0 Å². The minimum Gasteiger partial charge on any atom is -0.497 e. The van der Waals surface area contributed by atoms with Crippen molar-refractivity contribution in [3.63, 3.8) is 0 Å². The standard InChI is InChI=1S/C36H42N4O5S/c1-45-25-10-14-27-29(19-25)30-20-36(30,35(42)39-17-15-24-8-5-16-38(24)21-39)40-31-18-23(34(41)37-46(43,44)26-11-12-26)9-13-28(31)32(33(27)40)22-6-3-2-4-7-22/h9-10,13-14,18-19,22,24,26,30H,2-8,11-12,15-17,20-21H2,1H3,(H,37,41)/t24-,30?,36?/m0/s1. The van der Waals surface area contributed by atoms with Crippen LogP contribution in [-0.2, 0) is 20.4 Å². The molecule has 2 unspecified atom stereocenters. The number of ether oxygens (including phenoxy) is 1. The summed E-state index contributed by atoms with van der Waals surface area (Å²) in [7, 11) is -2.01. The molecule has 9 rings (SSSR count). The van der Waals surface area contributed by atoms with Gasteiger partial charge in [-0.05, 0) is 98.7 Å². The summed E-state index contributed by atoms with van der Waals surface area (Å²) < 4.78 is 35.8. The van der Waals surface area contributed by atoms with E-state index in [1.807, 2.05) is 18.2 Å². The Balaban J connectivity index is 1.24. The molecule has 6 aliphatic rings. The third-order valence-corrected chi connectivity index (χ3v) is 13.8. The quantitative estimate of drug-likeness (QED) is 0.385. The number of carbonyl (C=O) groups excluding carboxylic acids is 2. The van der Waals surface area contributed by atoms with E-state index in [0.29, 0.717) is 43.5 Å². The van der Waals surface area contributed by atoms with Crippen molar-refractivity contribution in [2.45, 2.75) is 99.3 Å². The first-order chi connectivity index (χ1) is 22.3. The monoisotopic (exact) mass is 642 g/mol. The number of carbonyl (C=O) groups is 2. The van der Waals surface area contributed by atoms with Crippen molar-refractivity contribution in [3.8, 4) is 17.0 Å². The number of sulfonamides is 1. The number of nitrogens with one attached hydrogen (secondary N) is 1. The fourth-order valence-electron chi connectivity index (χ4n) is 9.40. The Morgan fingerprint density at radius 3 is 2.54 bits per heavy atom.